The van der Waals surface area contributed by atoms with E-state index in [9.17, 15) is 14.7 Å². The van der Waals surface area contributed by atoms with Crippen molar-refractivity contribution in [3.63, 3.8) is 0 Å². The van der Waals surface area contributed by atoms with Crippen molar-refractivity contribution in [1.82, 2.24) is 4.98 Å². The van der Waals surface area contributed by atoms with Crippen LogP contribution in [0.25, 0.3) is 0 Å². The fraction of sp³-hybridized carbons (Fsp3) is 0.696. The predicted octanol–water partition coefficient (Wildman–Crippen LogP) is 6.71. The molecule has 0 fully saturated rings. The SMILES string of the molecule is Br.CCCCCCCCCCCCCC(=O)OCC(C)c1ncccc1C(=O)O. The van der Waals surface area contributed by atoms with Gasteiger partial charge < -0.3 is 9.84 Å². The second kappa shape index (κ2) is 17.4. The smallest absolute Gasteiger partial charge is 0.337 e. The molecule has 0 amide bonds. The van der Waals surface area contributed by atoms with E-state index in [1.165, 1.54) is 63.9 Å². The number of carbonyl (C=O) groups excluding carboxylic acids is 1. The zero-order valence-corrected chi connectivity index (χ0v) is 19.7. The molecule has 0 saturated carbocycles. The van der Waals surface area contributed by atoms with E-state index < -0.39 is 5.97 Å². The van der Waals surface area contributed by atoms with Crippen molar-refractivity contribution < 1.29 is 19.4 Å². The molecular formula is C23H38BrNO4. The maximum Gasteiger partial charge on any atom is 0.337 e. The first kappa shape index (κ1) is 27.6. The zero-order valence-electron chi connectivity index (χ0n) is 18.0. The van der Waals surface area contributed by atoms with Crippen LogP contribution in [0.15, 0.2) is 18.3 Å². The number of aromatic nitrogens is 1. The summed E-state index contributed by atoms with van der Waals surface area (Å²) in [5.41, 5.74) is 0.619. The molecule has 0 aliphatic heterocycles. The van der Waals surface area contributed by atoms with Crippen molar-refractivity contribution in [1.29, 1.82) is 0 Å². The molecule has 1 N–H and O–H groups in total. The van der Waals surface area contributed by atoms with Gasteiger partial charge in [-0.2, -0.15) is 0 Å². The highest BCUT2D eigenvalue weighted by atomic mass is 79.9. The number of hydrogen-bond acceptors (Lipinski definition) is 4. The molecule has 1 aromatic rings. The molecule has 1 unspecified atom stereocenters. The lowest BCUT2D eigenvalue weighted by atomic mass is 10.0. The minimum Gasteiger partial charge on any atom is -0.478 e. The van der Waals surface area contributed by atoms with Crippen molar-refractivity contribution in [2.45, 2.75) is 96.8 Å². The van der Waals surface area contributed by atoms with Crippen LogP contribution in [0.1, 0.15) is 113 Å². The van der Waals surface area contributed by atoms with Crippen LogP contribution in [-0.2, 0) is 9.53 Å². The number of halogens is 1. The van der Waals surface area contributed by atoms with Crippen molar-refractivity contribution in [3.8, 4) is 0 Å². The van der Waals surface area contributed by atoms with Gasteiger partial charge in [-0.25, -0.2) is 4.79 Å². The highest BCUT2D eigenvalue weighted by molar-refractivity contribution is 8.93. The summed E-state index contributed by atoms with van der Waals surface area (Å²) < 4.78 is 5.31. The Kier molecular flexibility index (Phi) is 16.6. The number of rotatable bonds is 16. The second-order valence-electron chi connectivity index (χ2n) is 7.61. The lowest BCUT2D eigenvalue weighted by Crippen LogP contribution is -2.15. The first-order valence-electron chi connectivity index (χ1n) is 10.9. The molecule has 1 aromatic heterocycles. The molecule has 6 heteroatoms. The monoisotopic (exact) mass is 471 g/mol. The van der Waals surface area contributed by atoms with E-state index in [2.05, 4.69) is 11.9 Å². The van der Waals surface area contributed by atoms with Crippen LogP contribution in [0.4, 0.5) is 0 Å². The fourth-order valence-electron chi connectivity index (χ4n) is 3.29. The summed E-state index contributed by atoms with van der Waals surface area (Å²) >= 11 is 0. The van der Waals surface area contributed by atoms with E-state index in [-0.39, 0.29) is 41.0 Å². The summed E-state index contributed by atoms with van der Waals surface area (Å²) in [4.78, 5) is 27.3. The third kappa shape index (κ3) is 12.7. The molecule has 1 heterocycles. The summed E-state index contributed by atoms with van der Waals surface area (Å²) in [6.07, 6.45) is 15.7. The minimum atomic E-state index is -1.01. The number of carboxylic acids is 1. The molecular weight excluding hydrogens is 434 g/mol. The normalized spacial score (nSPS) is 11.5. The number of pyridine rings is 1. The molecule has 0 spiro atoms. The highest BCUT2D eigenvalue weighted by Gasteiger charge is 2.18. The van der Waals surface area contributed by atoms with E-state index in [1.807, 2.05) is 6.92 Å². The van der Waals surface area contributed by atoms with Gasteiger partial charge in [0.1, 0.15) is 0 Å². The van der Waals surface area contributed by atoms with Gasteiger partial charge in [0, 0.05) is 18.5 Å². The van der Waals surface area contributed by atoms with Gasteiger partial charge >= 0.3 is 11.9 Å². The van der Waals surface area contributed by atoms with Gasteiger partial charge in [-0.1, -0.05) is 78.1 Å². The highest BCUT2D eigenvalue weighted by Crippen LogP contribution is 2.18. The Bertz CT molecular complexity index is 580. The third-order valence-electron chi connectivity index (χ3n) is 5.01. The van der Waals surface area contributed by atoms with E-state index in [0.717, 1.165) is 12.8 Å². The van der Waals surface area contributed by atoms with Gasteiger partial charge in [0.25, 0.3) is 0 Å². The average molecular weight is 472 g/mol. The second-order valence-corrected chi connectivity index (χ2v) is 7.61. The summed E-state index contributed by atoms with van der Waals surface area (Å²) in [5, 5.41) is 9.21. The Hall–Kier alpha value is -1.43. The molecule has 0 aromatic carbocycles. The van der Waals surface area contributed by atoms with Gasteiger partial charge in [-0.3, -0.25) is 9.78 Å². The number of nitrogens with zero attached hydrogens (tertiary/aromatic N) is 1. The number of unbranched alkanes of at least 4 members (excludes halogenated alkanes) is 10. The molecule has 1 rings (SSSR count). The maximum atomic E-state index is 11.9. The number of aromatic carboxylic acids is 1. The first-order valence-corrected chi connectivity index (χ1v) is 10.9. The molecule has 0 radical (unpaired) electrons. The van der Waals surface area contributed by atoms with Crippen molar-refractivity contribution in [3.05, 3.63) is 29.6 Å². The standard InChI is InChI=1S/C23H37NO4.BrH/c1-3-4-5-6-7-8-9-10-11-12-13-16-21(25)28-18-19(2)22-20(23(26)27)15-14-17-24-22;/h14-15,17,19H,3-13,16,18H2,1-2H3,(H,26,27);1H. The van der Waals surface area contributed by atoms with Crippen LogP contribution in [-0.4, -0.2) is 28.6 Å². The largest absolute Gasteiger partial charge is 0.478 e. The Balaban J connectivity index is 0.00000784. The molecule has 0 saturated heterocycles. The number of hydrogen-bond donors (Lipinski definition) is 1. The molecule has 29 heavy (non-hydrogen) atoms. The van der Waals surface area contributed by atoms with E-state index in [0.29, 0.717) is 12.1 Å². The molecule has 0 aliphatic rings. The first-order chi connectivity index (χ1) is 13.6. The maximum absolute atomic E-state index is 11.9. The van der Waals surface area contributed by atoms with Crippen LogP contribution in [0, 0.1) is 0 Å². The van der Waals surface area contributed by atoms with Crippen LogP contribution in [0.2, 0.25) is 0 Å². The van der Waals surface area contributed by atoms with Gasteiger partial charge in [0.15, 0.2) is 0 Å². The fourth-order valence-corrected chi connectivity index (χ4v) is 3.29. The van der Waals surface area contributed by atoms with E-state index in [1.54, 1.807) is 12.3 Å². The summed E-state index contributed by atoms with van der Waals surface area (Å²) in [7, 11) is 0. The number of carboxylic acid groups (broad SMARTS) is 1. The lowest BCUT2D eigenvalue weighted by molar-refractivity contribution is -0.144. The molecule has 1 atom stereocenters. The van der Waals surface area contributed by atoms with Gasteiger partial charge in [-0.15, -0.1) is 17.0 Å². The van der Waals surface area contributed by atoms with Crippen LogP contribution < -0.4 is 0 Å². The number of carbonyl (C=O) groups is 2. The summed E-state index contributed by atoms with van der Waals surface area (Å²) in [5.74, 6) is -1.47. The van der Waals surface area contributed by atoms with E-state index in [4.69, 9.17) is 4.74 Å². The minimum absolute atomic E-state index is 0. The number of ether oxygens (including phenoxy) is 1. The van der Waals surface area contributed by atoms with Crippen molar-refractivity contribution in [2.24, 2.45) is 0 Å². The molecule has 166 valence electrons. The molecule has 0 bridgehead atoms. The van der Waals surface area contributed by atoms with Gasteiger partial charge in [-0.05, 0) is 18.6 Å². The predicted molar refractivity (Wildman–Crippen MR) is 122 cm³/mol. The van der Waals surface area contributed by atoms with Crippen LogP contribution >= 0.6 is 17.0 Å². The van der Waals surface area contributed by atoms with Crippen molar-refractivity contribution >= 4 is 28.9 Å². The zero-order chi connectivity index (χ0) is 20.6. The third-order valence-corrected chi connectivity index (χ3v) is 5.01. The van der Waals surface area contributed by atoms with Crippen molar-refractivity contribution in [2.75, 3.05) is 6.61 Å². The lowest BCUT2D eigenvalue weighted by Gasteiger charge is -2.13. The topological polar surface area (TPSA) is 76.5 Å². The Labute approximate surface area is 186 Å². The quantitative estimate of drug-likeness (QED) is 0.214. The Morgan fingerprint density at radius 2 is 1.55 bits per heavy atom. The Morgan fingerprint density at radius 1 is 1.00 bits per heavy atom. The Morgan fingerprint density at radius 3 is 2.10 bits per heavy atom. The molecule has 5 nitrogen and oxygen atoms in total. The van der Waals surface area contributed by atoms with Gasteiger partial charge in [0.05, 0.1) is 17.9 Å². The average Bonchev–Trinajstić information content (AvgIpc) is 2.70. The van der Waals surface area contributed by atoms with Crippen LogP contribution in [0.3, 0.4) is 0 Å². The summed E-state index contributed by atoms with van der Waals surface area (Å²) in [6, 6.07) is 3.12. The summed E-state index contributed by atoms with van der Waals surface area (Å²) in [6.45, 7) is 4.23. The van der Waals surface area contributed by atoms with E-state index >= 15 is 0 Å². The van der Waals surface area contributed by atoms with Crippen LogP contribution in [0.5, 0.6) is 0 Å². The number of esters is 1. The molecule has 0 aliphatic carbocycles. The van der Waals surface area contributed by atoms with Gasteiger partial charge in [0.2, 0.25) is 0 Å².